The van der Waals surface area contributed by atoms with E-state index in [9.17, 15) is 5.11 Å². The molecule has 0 fully saturated rings. The first kappa shape index (κ1) is 16.8. The summed E-state index contributed by atoms with van der Waals surface area (Å²) in [6.45, 7) is 3.66. The molecule has 1 aliphatic rings. The first-order valence-electron chi connectivity index (χ1n) is 7.73. The van der Waals surface area contributed by atoms with E-state index in [1.165, 1.54) is 0 Å². The Labute approximate surface area is 146 Å². The Balaban J connectivity index is 2.13. The molecule has 0 bridgehead atoms. The van der Waals surface area contributed by atoms with Crippen LogP contribution in [0.25, 0.3) is 5.57 Å². The summed E-state index contributed by atoms with van der Waals surface area (Å²) in [4.78, 5) is 10.1. The molecule has 0 unspecified atom stereocenters. The van der Waals surface area contributed by atoms with Gasteiger partial charge in [-0.05, 0) is 19.9 Å². The molecule has 0 aliphatic carbocycles. The molecule has 2 aromatic rings. The molecule has 2 heterocycles. The van der Waals surface area contributed by atoms with Crippen molar-refractivity contribution in [2.45, 2.75) is 19.4 Å². The fourth-order valence-corrected chi connectivity index (χ4v) is 2.93. The molecule has 0 atom stereocenters. The second-order valence-electron chi connectivity index (χ2n) is 6.11. The van der Waals surface area contributed by atoms with Gasteiger partial charge >= 0.3 is 0 Å². The maximum atomic E-state index is 10.8. The summed E-state index contributed by atoms with van der Waals surface area (Å²) in [7, 11) is 3.13. The van der Waals surface area contributed by atoms with Crippen molar-refractivity contribution < 1.29 is 14.6 Å². The second-order valence-corrected chi connectivity index (χ2v) is 6.11. The van der Waals surface area contributed by atoms with E-state index in [4.69, 9.17) is 14.9 Å². The summed E-state index contributed by atoms with van der Waals surface area (Å²) >= 11 is 0. The van der Waals surface area contributed by atoms with E-state index in [-0.39, 0.29) is 11.6 Å². The summed E-state index contributed by atoms with van der Waals surface area (Å²) in [6, 6.07) is 7.03. The fourth-order valence-electron chi connectivity index (χ4n) is 2.93. The smallest absolute Gasteiger partial charge is 0.166 e. The third-order valence-electron chi connectivity index (χ3n) is 4.22. The summed E-state index contributed by atoms with van der Waals surface area (Å²) in [5, 5.41) is 19.4. The lowest BCUT2D eigenvalue weighted by molar-refractivity contribution is 0.333. The van der Waals surface area contributed by atoms with Gasteiger partial charge in [-0.2, -0.15) is 0 Å². The Morgan fingerprint density at radius 2 is 1.60 bits per heavy atom. The van der Waals surface area contributed by atoms with Crippen molar-refractivity contribution in [1.82, 2.24) is 9.97 Å². The third kappa shape index (κ3) is 2.67. The van der Waals surface area contributed by atoms with E-state index in [1.807, 2.05) is 13.8 Å². The zero-order chi connectivity index (χ0) is 18.2. The Hall–Kier alpha value is -3.09. The number of methoxy groups -OCH3 is 2. The quantitative estimate of drug-likeness (QED) is 0.889. The van der Waals surface area contributed by atoms with Gasteiger partial charge in [0.15, 0.2) is 5.82 Å². The van der Waals surface area contributed by atoms with Gasteiger partial charge in [-0.15, -0.1) is 0 Å². The molecule has 1 aromatic heterocycles. The van der Waals surface area contributed by atoms with E-state index in [1.54, 1.807) is 55.8 Å². The number of nitrogens with zero attached hydrogens (tertiary/aromatic N) is 3. The third-order valence-corrected chi connectivity index (χ3v) is 4.22. The molecule has 3 rings (SSSR count). The van der Waals surface area contributed by atoms with Gasteiger partial charge in [-0.3, -0.25) is 5.41 Å². The van der Waals surface area contributed by atoms with Crippen LogP contribution in [0.2, 0.25) is 0 Å². The molecule has 7 nitrogen and oxygen atoms in total. The molecule has 1 aliphatic heterocycles. The minimum absolute atomic E-state index is 0.0467. The van der Waals surface area contributed by atoms with Crippen LogP contribution in [0.4, 0.5) is 5.69 Å². The van der Waals surface area contributed by atoms with Gasteiger partial charge in [-0.25, -0.2) is 9.97 Å². The Bertz CT molecular complexity index is 824. The van der Waals surface area contributed by atoms with E-state index in [2.05, 4.69) is 9.97 Å². The van der Waals surface area contributed by atoms with Crippen LogP contribution in [0.3, 0.4) is 0 Å². The first-order valence-corrected chi connectivity index (χ1v) is 7.73. The van der Waals surface area contributed by atoms with Crippen molar-refractivity contribution in [3.8, 4) is 11.5 Å². The number of aromatic nitrogens is 2. The number of hydrogen-bond acceptors (Lipinski definition) is 6. The number of aliphatic hydroxyl groups is 1. The fraction of sp³-hybridized carbons (Fsp3) is 0.278. The molecule has 0 amide bonds. The summed E-state index contributed by atoms with van der Waals surface area (Å²) in [6.07, 6.45) is 3.17. The molecular weight excluding hydrogens is 320 g/mol. The van der Waals surface area contributed by atoms with Crippen molar-refractivity contribution in [1.29, 1.82) is 5.41 Å². The maximum absolute atomic E-state index is 10.8. The molecule has 0 spiro atoms. The van der Waals surface area contributed by atoms with Gasteiger partial charge in [0.2, 0.25) is 0 Å². The number of ether oxygens (including phenoxy) is 2. The summed E-state index contributed by atoms with van der Waals surface area (Å²) < 4.78 is 10.6. The van der Waals surface area contributed by atoms with Crippen molar-refractivity contribution in [3.05, 3.63) is 48.2 Å². The van der Waals surface area contributed by atoms with Crippen molar-refractivity contribution in [2.75, 3.05) is 19.1 Å². The van der Waals surface area contributed by atoms with Gasteiger partial charge in [-0.1, -0.05) is 0 Å². The average Bonchev–Trinajstić information content (AvgIpc) is 2.79. The van der Waals surface area contributed by atoms with Crippen molar-refractivity contribution in [2.24, 2.45) is 0 Å². The largest absolute Gasteiger partial charge is 0.509 e. The lowest BCUT2D eigenvalue weighted by atomic mass is 10.0. The first-order chi connectivity index (χ1) is 11.9. The molecule has 0 saturated heterocycles. The highest BCUT2D eigenvalue weighted by molar-refractivity contribution is 6.31. The number of aliphatic hydroxyl groups excluding tert-OH is 1. The zero-order valence-corrected chi connectivity index (χ0v) is 14.6. The summed E-state index contributed by atoms with van der Waals surface area (Å²) in [5.74, 6) is 1.67. The van der Waals surface area contributed by atoms with Gasteiger partial charge < -0.3 is 19.5 Å². The highest BCUT2D eigenvalue weighted by atomic mass is 16.5. The lowest BCUT2D eigenvalue weighted by Crippen LogP contribution is -2.43. The normalized spacial score (nSPS) is 16.3. The van der Waals surface area contributed by atoms with Crippen LogP contribution in [-0.4, -0.2) is 40.7 Å². The van der Waals surface area contributed by atoms with Crippen LogP contribution in [-0.2, 0) is 0 Å². The predicted octanol–water partition coefficient (Wildman–Crippen LogP) is 3.04. The van der Waals surface area contributed by atoms with Crippen molar-refractivity contribution >= 4 is 17.1 Å². The topological polar surface area (TPSA) is 91.6 Å². The number of rotatable bonds is 4. The number of nitrogens with one attached hydrogen (secondary N) is 1. The van der Waals surface area contributed by atoms with Crippen LogP contribution >= 0.6 is 0 Å². The number of benzene rings is 1. The monoisotopic (exact) mass is 340 g/mol. The molecule has 2 N–H and O–H groups in total. The Kier molecular flexibility index (Phi) is 4.08. The van der Waals surface area contributed by atoms with Crippen molar-refractivity contribution in [3.63, 3.8) is 0 Å². The number of anilines is 1. The minimum Gasteiger partial charge on any atom is -0.509 e. The van der Waals surface area contributed by atoms with E-state index >= 15 is 0 Å². The SMILES string of the molecule is COc1cc(OC)cc(N2C(=N)C(c3ncccn3)=C(O)C2(C)C)c1. The summed E-state index contributed by atoms with van der Waals surface area (Å²) in [5.41, 5.74) is 0.138. The highest BCUT2D eigenvalue weighted by Crippen LogP contribution is 2.42. The van der Waals surface area contributed by atoms with Crippen LogP contribution in [0.1, 0.15) is 19.7 Å². The molecule has 130 valence electrons. The van der Waals surface area contributed by atoms with Gasteiger partial charge in [0, 0.05) is 30.6 Å². The van der Waals surface area contributed by atoms with E-state index < -0.39 is 5.54 Å². The maximum Gasteiger partial charge on any atom is 0.166 e. The minimum atomic E-state index is -0.844. The zero-order valence-electron chi connectivity index (χ0n) is 14.6. The van der Waals surface area contributed by atoms with Crippen LogP contribution in [0.15, 0.2) is 42.4 Å². The number of hydrogen-bond donors (Lipinski definition) is 2. The molecule has 1 aromatic carbocycles. The predicted molar refractivity (Wildman–Crippen MR) is 95.4 cm³/mol. The molecule has 0 radical (unpaired) electrons. The van der Waals surface area contributed by atoms with E-state index in [0.29, 0.717) is 28.6 Å². The molecule has 7 heteroatoms. The van der Waals surface area contributed by atoms with Gasteiger partial charge in [0.05, 0.1) is 25.4 Å². The number of amidine groups is 1. The van der Waals surface area contributed by atoms with E-state index in [0.717, 1.165) is 0 Å². The standard InChI is InChI=1S/C18H20N4O3/c1-18(2)15(23)14(17-20-6-5-7-21-17)16(19)22(18)11-8-12(24-3)10-13(9-11)25-4/h5-10,19,23H,1-4H3. The Morgan fingerprint density at radius 3 is 2.12 bits per heavy atom. The lowest BCUT2D eigenvalue weighted by Gasteiger charge is -2.33. The molecule has 25 heavy (non-hydrogen) atoms. The van der Waals surface area contributed by atoms with Gasteiger partial charge in [0.1, 0.15) is 28.7 Å². The van der Waals surface area contributed by atoms with Crippen LogP contribution < -0.4 is 14.4 Å². The average molecular weight is 340 g/mol. The molecule has 0 saturated carbocycles. The van der Waals surface area contributed by atoms with Crippen LogP contribution in [0.5, 0.6) is 11.5 Å². The highest BCUT2D eigenvalue weighted by Gasteiger charge is 2.45. The van der Waals surface area contributed by atoms with Gasteiger partial charge in [0.25, 0.3) is 0 Å². The molecular formula is C18H20N4O3. The second kappa shape index (κ2) is 6.08. The van der Waals surface area contributed by atoms with Crippen LogP contribution in [0, 0.1) is 5.41 Å². The Morgan fingerprint density at radius 1 is 1.04 bits per heavy atom.